The predicted octanol–water partition coefficient (Wildman–Crippen LogP) is 6.17. The van der Waals surface area contributed by atoms with Crippen LogP contribution in [0.2, 0.25) is 10.0 Å². The lowest BCUT2D eigenvalue weighted by molar-refractivity contribution is 0.338. The van der Waals surface area contributed by atoms with Gasteiger partial charge in [-0.2, -0.15) is 0 Å². The van der Waals surface area contributed by atoms with Gasteiger partial charge in [0.05, 0.1) is 43.7 Å². The highest BCUT2D eigenvalue weighted by Crippen LogP contribution is 2.31. The Kier molecular flexibility index (Phi) is 11.4. The van der Waals surface area contributed by atoms with Crippen LogP contribution in [0.5, 0.6) is 11.6 Å². The van der Waals surface area contributed by atoms with Crippen molar-refractivity contribution in [3.05, 3.63) is 64.0 Å². The normalized spacial score (nSPS) is 14.2. The number of hydrogen-bond donors (Lipinski definition) is 0. The molecule has 2 heterocycles. The second-order valence-electron chi connectivity index (χ2n) is 9.99. The van der Waals surface area contributed by atoms with E-state index in [1.165, 1.54) is 25.7 Å². The molecule has 0 amide bonds. The standard InChI is InChI=1S/C29H37Cl2N5O3S/c1-4-35(18-21-7-5-6-8-21)27-9-10-28(38-2)34-26(27)20-36(19-22-13-23(30)15-24(31)14-22)29-32-16-25(17-33-29)39-11-12-40(3)37/h9-10,13-17,21H,4-8,11-12,18-20H2,1-3H3. The number of methoxy groups -OCH3 is 1. The summed E-state index contributed by atoms with van der Waals surface area (Å²) < 4.78 is 22.6. The molecule has 216 valence electrons. The molecule has 0 spiro atoms. The lowest BCUT2D eigenvalue weighted by atomic mass is 10.1. The number of halogens is 2. The molecule has 0 saturated heterocycles. The van der Waals surface area contributed by atoms with Crippen molar-refractivity contribution in [3.63, 3.8) is 0 Å². The van der Waals surface area contributed by atoms with E-state index in [1.54, 1.807) is 31.8 Å². The van der Waals surface area contributed by atoms with E-state index in [2.05, 4.69) is 27.9 Å². The summed E-state index contributed by atoms with van der Waals surface area (Å²) in [6.45, 7) is 5.31. The fourth-order valence-electron chi connectivity index (χ4n) is 5.02. The molecule has 8 nitrogen and oxygen atoms in total. The van der Waals surface area contributed by atoms with E-state index in [1.807, 2.05) is 23.1 Å². The number of rotatable bonds is 14. The molecule has 1 fully saturated rings. The van der Waals surface area contributed by atoms with Crippen LogP contribution in [-0.4, -0.2) is 58.3 Å². The topological polar surface area (TPSA) is 86.7 Å². The summed E-state index contributed by atoms with van der Waals surface area (Å²) in [4.78, 5) is 18.6. The van der Waals surface area contributed by atoms with E-state index in [9.17, 15) is 4.55 Å². The minimum absolute atomic E-state index is 0.335. The highest BCUT2D eigenvalue weighted by molar-refractivity contribution is 7.90. The number of anilines is 2. The minimum atomic E-state index is -0.929. The highest BCUT2D eigenvalue weighted by Gasteiger charge is 2.23. The average Bonchev–Trinajstić information content (AvgIpc) is 3.44. The Balaban J connectivity index is 1.65. The molecule has 4 rings (SSSR count). The lowest BCUT2D eigenvalue weighted by Gasteiger charge is -2.30. The Morgan fingerprint density at radius 1 is 1.02 bits per heavy atom. The molecule has 11 heteroatoms. The van der Waals surface area contributed by atoms with Crippen molar-refractivity contribution in [1.82, 2.24) is 15.0 Å². The minimum Gasteiger partial charge on any atom is -0.616 e. The maximum absolute atomic E-state index is 11.4. The number of aromatic nitrogens is 3. The molecule has 1 aliphatic rings. The summed E-state index contributed by atoms with van der Waals surface area (Å²) in [6.07, 6.45) is 10.1. The zero-order valence-corrected chi connectivity index (χ0v) is 25.6. The van der Waals surface area contributed by atoms with E-state index in [-0.39, 0.29) is 0 Å². The van der Waals surface area contributed by atoms with Gasteiger partial charge in [-0.1, -0.05) is 47.2 Å². The third-order valence-electron chi connectivity index (χ3n) is 6.98. The van der Waals surface area contributed by atoms with Crippen molar-refractivity contribution in [1.29, 1.82) is 0 Å². The van der Waals surface area contributed by atoms with Crippen molar-refractivity contribution in [2.45, 2.75) is 45.7 Å². The molecule has 1 aliphatic carbocycles. The summed E-state index contributed by atoms with van der Waals surface area (Å²) in [6, 6.07) is 9.52. The zero-order chi connectivity index (χ0) is 28.5. The van der Waals surface area contributed by atoms with Gasteiger partial charge in [-0.05, 0) is 55.5 Å². The van der Waals surface area contributed by atoms with Gasteiger partial charge < -0.3 is 23.8 Å². The van der Waals surface area contributed by atoms with Crippen molar-refractivity contribution in [2.75, 3.05) is 48.6 Å². The van der Waals surface area contributed by atoms with E-state index < -0.39 is 11.2 Å². The predicted molar refractivity (Wildman–Crippen MR) is 163 cm³/mol. The molecular formula is C29H37Cl2N5O3S. The van der Waals surface area contributed by atoms with Gasteiger partial charge in [0.1, 0.15) is 12.4 Å². The second-order valence-corrected chi connectivity index (χ2v) is 12.4. The average molecular weight is 607 g/mol. The van der Waals surface area contributed by atoms with E-state index in [4.69, 9.17) is 37.7 Å². The fourth-order valence-corrected chi connectivity index (χ4v) is 5.91. The Bertz CT molecular complexity index is 1210. The first-order valence-electron chi connectivity index (χ1n) is 13.6. The van der Waals surface area contributed by atoms with Gasteiger partial charge in [-0.25, -0.2) is 15.0 Å². The van der Waals surface area contributed by atoms with Gasteiger partial charge in [0.25, 0.3) is 0 Å². The molecule has 1 atom stereocenters. The van der Waals surface area contributed by atoms with Gasteiger partial charge >= 0.3 is 0 Å². The third kappa shape index (κ3) is 8.77. The maximum Gasteiger partial charge on any atom is 0.226 e. The summed E-state index contributed by atoms with van der Waals surface area (Å²) in [5.41, 5.74) is 2.88. The molecule has 1 unspecified atom stereocenters. The van der Waals surface area contributed by atoms with Crippen LogP contribution in [0.25, 0.3) is 0 Å². The molecule has 0 aliphatic heterocycles. The van der Waals surface area contributed by atoms with Crippen LogP contribution in [-0.2, 0) is 24.3 Å². The lowest BCUT2D eigenvalue weighted by Crippen LogP contribution is -2.31. The van der Waals surface area contributed by atoms with Crippen molar-refractivity contribution < 1.29 is 14.0 Å². The summed E-state index contributed by atoms with van der Waals surface area (Å²) in [5, 5.41) is 1.13. The van der Waals surface area contributed by atoms with E-state index >= 15 is 0 Å². The molecule has 2 aromatic heterocycles. The number of hydrogen-bond acceptors (Lipinski definition) is 8. The zero-order valence-electron chi connectivity index (χ0n) is 23.3. The third-order valence-corrected chi connectivity index (χ3v) is 8.16. The summed E-state index contributed by atoms with van der Waals surface area (Å²) in [7, 11) is 1.63. The van der Waals surface area contributed by atoms with Crippen LogP contribution in [0.15, 0.2) is 42.7 Å². The molecular weight excluding hydrogens is 569 g/mol. The fraction of sp³-hybridized carbons (Fsp3) is 0.483. The highest BCUT2D eigenvalue weighted by atomic mass is 35.5. The SMILES string of the molecule is CCN(CC1CCCC1)c1ccc(OC)nc1CN(Cc1cc(Cl)cc(Cl)c1)c1ncc(OCC[S+](C)[O-])cn1. The molecule has 1 saturated carbocycles. The monoisotopic (exact) mass is 605 g/mol. The van der Waals surface area contributed by atoms with Gasteiger partial charge in [-0.3, -0.25) is 0 Å². The van der Waals surface area contributed by atoms with E-state index in [0.717, 1.165) is 30.0 Å². The molecule has 3 aromatic rings. The first-order chi connectivity index (χ1) is 19.3. The molecule has 0 radical (unpaired) electrons. The molecule has 40 heavy (non-hydrogen) atoms. The summed E-state index contributed by atoms with van der Waals surface area (Å²) >= 11 is 11.7. The number of nitrogens with zero attached hydrogens (tertiary/aromatic N) is 5. The van der Waals surface area contributed by atoms with Gasteiger partial charge in [0, 0.05) is 35.7 Å². The van der Waals surface area contributed by atoms with Crippen LogP contribution >= 0.6 is 23.2 Å². The Morgan fingerprint density at radius 3 is 2.35 bits per heavy atom. The Morgan fingerprint density at radius 2 is 1.73 bits per heavy atom. The number of ether oxygens (including phenoxy) is 2. The number of benzene rings is 1. The molecule has 1 aromatic carbocycles. The van der Waals surface area contributed by atoms with E-state index in [0.29, 0.717) is 59.0 Å². The first kappa shape index (κ1) is 30.5. The van der Waals surface area contributed by atoms with Crippen LogP contribution in [0.1, 0.15) is 43.9 Å². The van der Waals surface area contributed by atoms with Crippen LogP contribution in [0.4, 0.5) is 11.6 Å². The smallest absolute Gasteiger partial charge is 0.226 e. The van der Waals surface area contributed by atoms with Crippen molar-refractivity contribution in [3.8, 4) is 11.6 Å². The van der Waals surface area contributed by atoms with Gasteiger partial charge in [0.2, 0.25) is 11.8 Å². The van der Waals surface area contributed by atoms with Crippen LogP contribution in [0.3, 0.4) is 0 Å². The molecule has 0 N–H and O–H groups in total. The van der Waals surface area contributed by atoms with Crippen molar-refractivity contribution >= 4 is 46.0 Å². The largest absolute Gasteiger partial charge is 0.616 e. The Hall–Kier alpha value is -2.46. The molecule has 0 bridgehead atoms. The quantitative estimate of drug-likeness (QED) is 0.202. The van der Waals surface area contributed by atoms with Gasteiger partial charge in [0.15, 0.2) is 5.75 Å². The van der Waals surface area contributed by atoms with Crippen molar-refractivity contribution in [2.24, 2.45) is 5.92 Å². The van der Waals surface area contributed by atoms with Gasteiger partial charge in [-0.15, -0.1) is 0 Å². The summed E-state index contributed by atoms with van der Waals surface area (Å²) in [5.74, 6) is 2.73. The first-order valence-corrected chi connectivity index (χ1v) is 16.1. The maximum atomic E-state index is 11.4. The Labute approximate surface area is 250 Å². The van der Waals surface area contributed by atoms with Crippen LogP contribution < -0.4 is 19.3 Å². The van der Waals surface area contributed by atoms with Crippen LogP contribution in [0, 0.1) is 5.92 Å². The second kappa shape index (κ2) is 15.0. The number of pyridine rings is 1.